The summed E-state index contributed by atoms with van der Waals surface area (Å²) < 4.78 is 0. The van der Waals surface area contributed by atoms with Crippen LogP contribution in [0.25, 0.3) is 10.8 Å². The van der Waals surface area contributed by atoms with Gasteiger partial charge in [0.2, 0.25) is 0 Å². The normalized spacial score (nSPS) is 15.3. The first kappa shape index (κ1) is 8.90. The number of benzene rings is 1. The van der Waals surface area contributed by atoms with Crippen molar-refractivity contribution < 1.29 is 0 Å². The van der Waals surface area contributed by atoms with Crippen LogP contribution in [0.15, 0.2) is 24.3 Å². The molecular formula is C14H14N. The van der Waals surface area contributed by atoms with Crippen molar-refractivity contribution in [1.29, 1.82) is 0 Å². The Morgan fingerprint density at radius 2 is 1.73 bits per heavy atom. The molecule has 1 heterocycles. The predicted octanol–water partition coefficient (Wildman–Crippen LogP) is 3.30. The Hall–Kier alpha value is -1.37. The minimum atomic E-state index is 0.936. The monoisotopic (exact) mass is 196 g/mol. The number of hydrogen-bond acceptors (Lipinski definition) is 1. The number of hydrogen-bond donors (Lipinski definition) is 0. The summed E-state index contributed by atoms with van der Waals surface area (Å²) in [6.45, 7) is 4.05. The van der Waals surface area contributed by atoms with Crippen LogP contribution in [0.2, 0.25) is 0 Å². The van der Waals surface area contributed by atoms with Gasteiger partial charge in [-0.15, -0.1) is 0 Å². The average Bonchev–Trinajstić information content (AvgIpc) is 2.30. The molecule has 0 N–H and O–H groups in total. The molecule has 15 heavy (non-hydrogen) atoms. The van der Waals surface area contributed by atoms with Crippen molar-refractivity contribution in [1.82, 2.24) is 4.98 Å². The summed E-state index contributed by atoms with van der Waals surface area (Å²) in [5.41, 5.74) is 3.68. The van der Waals surface area contributed by atoms with Gasteiger partial charge in [-0.1, -0.05) is 24.3 Å². The molecule has 1 radical (unpaired) electrons. The highest BCUT2D eigenvalue weighted by Gasteiger charge is 2.14. The molecule has 75 valence electrons. The number of aryl methyl sites for hydroxylation is 2. The van der Waals surface area contributed by atoms with Gasteiger partial charge in [0.25, 0.3) is 0 Å². The van der Waals surface area contributed by atoms with Crippen LogP contribution in [0, 0.1) is 6.92 Å². The molecule has 1 aliphatic carbocycles. The van der Waals surface area contributed by atoms with E-state index in [0.717, 1.165) is 12.1 Å². The van der Waals surface area contributed by atoms with Crippen molar-refractivity contribution in [2.75, 3.05) is 0 Å². The SMILES string of the molecule is [CH2]c1nc2c(c3ccccc13)CCCC2. The molecule has 3 rings (SSSR count). The molecule has 0 atom stereocenters. The molecule has 1 aromatic heterocycles. The maximum Gasteiger partial charge on any atom is 0.0489 e. The standard InChI is InChI=1S/C14H14N/c1-10-11-6-2-3-7-12(11)13-8-4-5-9-14(13)15-10/h2-3,6-7H,1,4-5,8-9H2. The maximum atomic E-state index is 4.63. The molecule has 0 bridgehead atoms. The van der Waals surface area contributed by atoms with E-state index in [2.05, 4.69) is 36.2 Å². The Labute approximate surface area is 90.2 Å². The Bertz CT molecular complexity index is 514. The second-order valence-electron chi connectivity index (χ2n) is 4.24. The zero-order chi connectivity index (χ0) is 10.3. The van der Waals surface area contributed by atoms with Crippen LogP contribution in [0.5, 0.6) is 0 Å². The van der Waals surface area contributed by atoms with E-state index in [9.17, 15) is 0 Å². The average molecular weight is 196 g/mol. The molecule has 0 saturated carbocycles. The zero-order valence-electron chi connectivity index (χ0n) is 8.79. The lowest BCUT2D eigenvalue weighted by Crippen LogP contribution is -2.07. The van der Waals surface area contributed by atoms with Crippen LogP contribution >= 0.6 is 0 Å². The summed E-state index contributed by atoms with van der Waals surface area (Å²) in [5.74, 6) is 0. The van der Waals surface area contributed by atoms with Crippen molar-refractivity contribution in [2.45, 2.75) is 25.7 Å². The smallest absolute Gasteiger partial charge is 0.0489 e. The van der Waals surface area contributed by atoms with Crippen LogP contribution in [0.3, 0.4) is 0 Å². The fraction of sp³-hybridized carbons (Fsp3) is 0.286. The molecule has 0 amide bonds. The highest BCUT2D eigenvalue weighted by atomic mass is 14.7. The van der Waals surface area contributed by atoms with Gasteiger partial charge in [0.1, 0.15) is 0 Å². The van der Waals surface area contributed by atoms with Gasteiger partial charge in [0.05, 0.1) is 0 Å². The summed E-state index contributed by atoms with van der Waals surface area (Å²) in [6.07, 6.45) is 4.89. The molecule has 0 saturated heterocycles. The van der Waals surface area contributed by atoms with Gasteiger partial charge in [0, 0.05) is 16.8 Å². The highest BCUT2D eigenvalue weighted by molar-refractivity contribution is 5.88. The number of fused-ring (bicyclic) bond motifs is 3. The van der Waals surface area contributed by atoms with Gasteiger partial charge in [0.15, 0.2) is 0 Å². The van der Waals surface area contributed by atoms with Gasteiger partial charge in [-0.25, -0.2) is 0 Å². The van der Waals surface area contributed by atoms with Crippen molar-refractivity contribution >= 4 is 10.8 Å². The van der Waals surface area contributed by atoms with Crippen LogP contribution in [-0.2, 0) is 12.8 Å². The fourth-order valence-electron chi connectivity index (χ4n) is 2.52. The number of pyridine rings is 1. The van der Waals surface area contributed by atoms with E-state index < -0.39 is 0 Å². The lowest BCUT2D eigenvalue weighted by atomic mass is 9.91. The fourth-order valence-corrected chi connectivity index (χ4v) is 2.52. The molecule has 1 nitrogen and oxygen atoms in total. The molecule has 0 fully saturated rings. The molecule has 2 aromatic rings. The molecular weight excluding hydrogens is 182 g/mol. The van der Waals surface area contributed by atoms with E-state index in [1.54, 1.807) is 0 Å². The van der Waals surface area contributed by atoms with Crippen molar-refractivity contribution in [3.63, 3.8) is 0 Å². The van der Waals surface area contributed by atoms with E-state index in [-0.39, 0.29) is 0 Å². The third-order valence-corrected chi connectivity index (χ3v) is 3.27. The minimum Gasteiger partial charge on any atom is -0.257 e. The van der Waals surface area contributed by atoms with E-state index in [1.807, 2.05) is 0 Å². The number of aromatic nitrogens is 1. The topological polar surface area (TPSA) is 12.9 Å². The van der Waals surface area contributed by atoms with E-state index in [0.29, 0.717) is 0 Å². The highest BCUT2D eigenvalue weighted by Crippen LogP contribution is 2.28. The lowest BCUT2D eigenvalue weighted by Gasteiger charge is -2.18. The summed E-state index contributed by atoms with van der Waals surface area (Å²) in [5, 5.41) is 2.59. The Kier molecular flexibility index (Phi) is 1.98. The Morgan fingerprint density at radius 3 is 2.60 bits per heavy atom. The quantitative estimate of drug-likeness (QED) is 0.630. The summed E-state index contributed by atoms with van der Waals surface area (Å²) in [4.78, 5) is 4.63. The first-order valence-electron chi connectivity index (χ1n) is 5.59. The summed E-state index contributed by atoms with van der Waals surface area (Å²) in [7, 11) is 0. The van der Waals surface area contributed by atoms with Crippen LogP contribution in [-0.4, -0.2) is 4.98 Å². The molecule has 1 aromatic carbocycles. The number of rotatable bonds is 0. The third kappa shape index (κ3) is 1.34. The lowest BCUT2D eigenvalue weighted by molar-refractivity contribution is 0.672. The molecule has 0 unspecified atom stereocenters. The molecule has 0 spiro atoms. The third-order valence-electron chi connectivity index (χ3n) is 3.27. The summed E-state index contributed by atoms with van der Waals surface area (Å²) in [6, 6.07) is 8.50. The van der Waals surface area contributed by atoms with Crippen molar-refractivity contribution in [2.24, 2.45) is 0 Å². The van der Waals surface area contributed by atoms with Crippen molar-refractivity contribution in [3.8, 4) is 0 Å². The zero-order valence-corrected chi connectivity index (χ0v) is 8.79. The first-order chi connectivity index (χ1) is 7.36. The molecule has 1 aliphatic rings. The van der Waals surface area contributed by atoms with Gasteiger partial charge in [-0.3, -0.25) is 4.98 Å². The summed E-state index contributed by atoms with van der Waals surface area (Å²) >= 11 is 0. The molecule has 0 aliphatic heterocycles. The largest absolute Gasteiger partial charge is 0.257 e. The second kappa shape index (κ2) is 3.34. The Morgan fingerprint density at radius 1 is 1.00 bits per heavy atom. The van der Waals surface area contributed by atoms with E-state index >= 15 is 0 Å². The van der Waals surface area contributed by atoms with Crippen LogP contribution < -0.4 is 0 Å². The predicted molar refractivity (Wildman–Crippen MR) is 62.8 cm³/mol. The van der Waals surface area contributed by atoms with Crippen LogP contribution in [0.1, 0.15) is 29.8 Å². The molecule has 1 heteroatoms. The van der Waals surface area contributed by atoms with Gasteiger partial charge in [-0.05, 0) is 43.6 Å². The number of nitrogens with zero attached hydrogens (tertiary/aromatic N) is 1. The van der Waals surface area contributed by atoms with Crippen LogP contribution in [0.4, 0.5) is 0 Å². The maximum absolute atomic E-state index is 4.63. The van der Waals surface area contributed by atoms with E-state index in [4.69, 9.17) is 0 Å². The van der Waals surface area contributed by atoms with Crippen molar-refractivity contribution in [3.05, 3.63) is 48.1 Å². The minimum absolute atomic E-state index is 0.936. The van der Waals surface area contributed by atoms with Gasteiger partial charge < -0.3 is 0 Å². The van der Waals surface area contributed by atoms with Gasteiger partial charge in [-0.2, -0.15) is 0 Å². The van der Waals surface area contributed by atoms with E-state index in [1.165, 1.54) is 41.3 Å². The second-order valence-corrected chi connectivity index (χ2v) is 4.24. The first-order valence-corrected chi connectivity index (χ1v) is 5.59. The van der Waals surface area contributed by atoms with Gasteiger partial charge >= 0.3 is 0 Å². The Balaban J connectivity index is 2.39.